The van der Waals surface area contributed by atoms with Crippen molar-refractivity contribution >= 4 is 47.0 Å². The average Bonchev–Trinajstić information content (AvgIpc) is 3.89. The quantitative estimate of drug-likeness (QED) is 0.146. The molecule has 0 aromatic heterocycles. The summed E-state index contributed by atoms with van der Waals surface area (Å²) in [7, 11) is -2.43. The van der Waals surface area contributed by atoms with Crippen LogP contribution in [-0.4, -0.2) is 8.07 Å². The van der Waals surface area contributed by atoms with E-state index in [1.807, 2.05) is 0 Å². The number of unbranched alkanes of at least 4 members (excludes halogenated alkanes) is 2. The van der Waals surface area contributed by atoms with E-state index in [1.165, 1.54) is 59.6 Å². The number of fused-ring (bicyclic) bond motifs is 6. The third-order valence-corrected chi connectivity index (χ3v) is 50.1. The molecule has 1 aliphatic heterocycles. The van der Waals surface area contributed by atoms with Crippen molar-refractivity contribution in [3.63, 3.8) is 0 Å². The van der Waals surface area contributed by atoms with Gasteiger partial charge in [0.2, 0.25) is 0 Å². The molecule has 5 aromatic carbocycles. The molecule has 246 valence electrons. The summed E-state index contributed by atoms with van der Waals surface area (Å²) in [6.07, 6.45) is 15.7. The first-order chi connectivity index (χ1) is 23.9. The summed E-state index contributed by atoms with van der Waals surface area (Å²) in [6, 6.07) is 32.4. The van der Waals surface area contributed by atoms with Gasteiger partial charge in [-0.05, 0) is 0 Å². The van der Waals surface area contributed by atoms with E-state index in [-0.39, 0.29) is 5.49 Å². The minimum atomic E-state index is -3.46. The Morgan fingerprint density at radius 2 is 1.06 bits per heavy atom. The topological polar surface area (TPSA) is 0 Å². The number of aryl methyl sites for hydroxylation is 4. The molecule has 2 atom stereocenters. The molecule has 10 rings (SSSR count). The van der Waals surface area contributed by atoms with Gasteiger partial charge in [0.25, 0.3) is 0 Å². The summed E-state index contributed by atoms with van der Waals surface area (Å²) in [5.74, 6) is 0. The molecule has 0 bridgehead atoms. The van der Waals surface area contributed by atoms with Gasteiger partial charge < -0.3 is 0 Å². The zero-order valence-corrected chi connectivity index (χ0v) is 33.7. The molecular weight excluding hydrogens is 684 g/mol. The van der Waals surface area contributed by atoms with Crippen LogP contribution in [0.25, 0.3) is 33.7 Å². The van der Waals surface area contributed by atoms with Crippen LogP contribution in [-0.2, 0) is 51.4 Å². The van der Waals surface area contributed by atoms with Crippen LogP contribution in [0.5, 0.6) is 0 Å². The summed E-state index contributed by atoms with van der Waals surface area (Å²) >= 11 is -3.46. The second-order valence-corrected chi connectivity index (χ2v) is 34.9. The maximum atomic E-state index is 2.92. The molecule has 4 aliphatic carbocycles. The monoisotopic (exact) mass is 732 g/mol. The summed E-state index contributed by atoms with van der Waals surface area (Å²) in [5, 5.41) is 8.00. The fourth-order valence-electron chi connectivity index (χ4n) is 13.8. The Labute approximate surface area is 299 Å². The van der Waals surface area contributed by atoms with Gasteiger partial charge in [-0.3, -0.25) is 0 Å². The van der Waals surface area contributed by atoms with E-state index in [2.05, 4.69) is 125 Å². The van der Waals surface area contributed by atoms with Gasteiger partial charge in [-0.2, -0.15) is 0 Å². The van der Waals surface area contributed by atoms with Gasteiger partial charge in [0.1, 0.15) is 0 Å². The van der Waals surface area contributed by atoms with Crippen LogP contribution in [0.3, 0.4) is 0 Å². The van der Waals surface area contributed by atoms with Crippen molar-refractivity contribution in [1.29, 1.82) is 0 Å². The van der Waals surface area contributed by atoms with E-state index in [4.69, 9.17) is 0 Å². The third-order valence-electron chi connectivity index (χ3n) is 15.0. The Balaban J connectivity index is 1.39. The first-order valence-electron chi connectivity index (χ1n) is 19.5. The molecule has 0 N–H and O–H groups in total. The van der Waals surface area contributed by atoms with Crippen molar-refractivity contribution in [2.24, 2.45) is 0 Å². The molecule has 5 aromatic rings. The predicted molar refractivity (Wildman–Crippen MR) is 210 cm³/mol. The number of hydrogen-bond donors (Lipinski definition) is 0. The SMILES string of the molecule is CCC[CH2][Zr]1([CH2]CCC)[C]2(C(C)=Cc3c2cc2c4c(cccc34)CC2)[Si](C)(c2ccccc2)[C]12C(C)=Cc1c2cc2c3c(cccc13)CC2. The zero-order valence-electron chi connectivity index (χ0n) is 30.2. The Kier molecular flexibility index (Phi) is 6.71. The number of benzene rings is 5. The molecule has 2 spiro atoms. The number of allylic oxidation sites excluding steroid dienone is 2. The Morgan fingerprint density at radius 1 is 0.592 bits per heavy atom. The first-order valence-corrected chi connectivity index (χ1v) is 27.9. The van der Waals surface area contributed by atoms with Crippen molar-refractivity contribution in [3.8, 4) is 0 Å². The van der Waals surface area contributed by atoms with Gasteiger partial charge in [0, 0.05) is 0 Å². The molecule has 0 saturated carbocycles. The molecule has 2 heteroatoms. The van der Waals surface area contributed by atoms with E-state index in [1.54, 1.807) is 82.4 Å². The number of hydrogen-bond acceptors (Lipinski definition) is 0. The van der Waals surface area contributed by atoms with Crippen LogP contribution in [0, 0.1) is 0 Å². The van der Waals surface area contributed by atoms with Gasteiger partial charge in [-0.1, -0.05) is 0 Å². The molecular formula is C47H50SiZr. The Bertz CT molecular complexity index is 2170. The van der Waals surface area contributed by atoms with Crippen molar-refractivity contribution in [2.75, 3.05) is 0 Å². The standard InChI is InChI=1S/C39H32Si.2C4H9.Zr/c1-23-19-32-30-13-7-9-25-15-17-27(36(25)30)21-34(32)38(23)40(3,29-11-5-4-6-12-29)39-24(2)20-33-31-14-8-10-26-16-18-28(37(26)31)22-35(33)39;2*1-3-4-2;/h4-14,19-22H,15-18H2,1-3H3;2*1,3-4H2,2H3;. The van der Waals surface area contributed by atoms with Crippen LogP contribution in [0.4, 0.5) is 0 Å². The van der Waals surface area contributed by atoms with E-state index in [0.29, 0.717) is 0 Å². The van der Waals surface area contributed by atoms with E-state index < -0.39 is 28.3 Å². The average molecular weight is 734 g/mol. The normalized spacial score (nSPS) is 26.5. The molecule has 0 nitrogen and oxygen atoms in total. The van der Waals surface area contributed by atoms with Crippen molar-refractivity contribution in [1.82, 2.24) is 0 Å². The molecule has 0 amide bonds. The van der Waals surface area contributed by atoms with Gasteiger partial charge in [-0.15, -0.1) is 0 Å². The Morgan fingerprint density at radius 3 is 1.53 bits per heavy atom. The summed E-state index contributed by atoms with van der Waals surface area (Å²) in [4.78, 5) is 0. The van der Waals surface area contributed by atoms with Crippen LogP contribution in [0.2, 0.25) is 14.8 Å². The van der Waals surface area contributed by atoms with Gasteiger partial charge in [-0.25, -0.2) is 0 Å². The first kappa shape index (κ1) is 31.0. The van der Waals surface area contributed by atoms with Gasteiger partial charge in [0.05, 0.1) is 0 Å². The second kappa shape index (κ2) is 10.6. The number of rotatable bonds is 7. The molecule has 1 heterocycles. The van der Waals surface area contributed by atoms with Crippen LogP contribution >= 0.6 is 0 Å². The second-order valence-electron chi connectivity index (χ2n) is 16.6. The molecule has 1 saturated heterocycles. The maximum absolute atomic E-state index is 3.46. The van der Waals surface area contributed by atoms with Crippen molar-refractivity contribution < 1.29 is 20.3 Å². The molecule has 0 radical (unpaired) electrons. The van der Waals surface area contributed by atoms with Gasteiger partial charge >= 0.3 is 301 Å². The minimum absolute atomic E-state index is 0.236. The van der Waals surface area contributed by atoms with E-state index >= 15 is 0 Å². The molecule has 49 heavy (non-hydrogen) atoms. The zero-order chi connectivity index (χ0) is 33.3. The fraction of sp³-hybridized carbons (Fsp3) is 0.362. The van der Waals surface area contributed by atoms with Crippen molar-refractivity contribution in [3.05, 3.63) is 135 Å². The Hall–Kier alpha value is -2.80. The van der Waals surface area contributed by atoms with Crippen molar-refractivity contribution in [2.45, 2.75) is 99.4 Å². The van der Waals surface area contributed by atoms with Crippen LogP contribution in [0.1, 0.15) is 97.9 Å². The van der Waals surface area contributed by atoms with E-state index in [9.17, 15) is 0 Å². The summed E-state index contributed by atoms with van der Waals surface area (Å²) in [5.41, 5.74) is 16.8. The molecule has 1 fully saturated rings. The molecule has 2 unspecified atom stereocenters. The third kappa shape index (κ3) is 3.33. The summed E-state index contributed by atoms with van der Waals surface area (Å²) in [6.45, 7) is 13.1. The van der Waals surface area contributed by atoms with Gasteiger partial charge in [0.15, 0.2) is 0 Å². The predicted octanol–water partition coefficient (Wildman–Crippen LogP) is 11.8. The fourth-order valence-corrected chi connectivity index (χ4v) is 61.5. The molecule has 5 aliphatic rings. The van der Waals surface area contributed by atoms with E-state index in [0.717, 1.165) is 0 Å². The summed E-state index contributed by atoms with van der Waals surface area (Å²) < 4.78 is 3.47. The van der Waals surface area contributed by atoms with Crippen LogP contribution < -0.4 is 5.19 Å². The van der Waals surface area contributed by atoms with Crippen LogP contribution in [0.15, 0.2) is 90.0 Å².